The maximum atomic E-state index is 10.7. The van der Waals surface area contributed by atoms with Gasteiger partial charge < -0.3 is 0 Å². The lowest BCUT2D eigenvalue weighted by Gasteiger charge is -1.99. The van der Waals surface area contributed by atoms with Crippen LogP contribution in [-0.4, -0.2) is 14.5 Å². The third-order valence-corrected chi connectivity index (χ3v) is 3.16. The highest BCUT2D eigenvalue weighted by Gasteiger charge is 2.40. The predicted molar refractivity (Wildman–Crippen MR) is 55.5 cm³/mol. The van der Waals surface area contributed by atoms with Crippen LogP contribution in [0.3, 0.4) is 0 Å². The minimum absolute atomic E-state index is 0.0279. The van der Waals surface area contributed by atoms with Crippen LogP contribution in [0, 0.1) is 0 Å². The van der Waals surface area contributed by atoms with Crippen LogP contribution in [0.1, 0.15) is 17.9 Å². The van der Waals surface area contributed by atoms with Crippen LogP contribution < -0.4 is 4.72 Å². The molecular weight excluding hydrogens is 222 g/mol. The van der Waals surface area contributed by atoms with Gasteiger partial charge in [0.05, 0.1) is 0 Å². The summed E-state index contributed by atoms with van der Waals surface area (Å²) < 4.78 is 23.8. The fourth-order valence-corrected chi connectivity index (χ4v) is 2.54. The average molecular weight is 232 g/mol. The van der Waals surface area contributed by atoms with Crippen LogP contribution in [0.5, 0.6) is 0 Å². The molecule has 0 saturated heterocycles. The standard InChI is InChI=1S/C9H10ClNO2S/c10-14(12,13)11-9-6-8(9)7-4-2-1-3-5-7/h1-5,8-9,11H,6H2/t8-,9+/m0/s1. The quantitative estimate of drug-likeness (QED) is 0.804. The average Bonchev–Trinajstić information content (AvgIpc) is 2.82. The number of halogens is 1. The predicted octanol–water partition coefficient (Wildman–Crippen LogP) is 1.62. The van der Waals surface area contributed by atoms with Crippen LogP contribution in [0.15, 0.2) is 30.3 Å². The summed E-state index contributed by atoms with van der Waals surface area (Å²) in [6, 6.07) is 9.78. The molecule has 0 aromatic heterocycles. The lowest BCUT2D eigenvalue weighted by molar-refractivity contribution is 0.595. The first-order chi connectivity index (χ1) is 6.56. The highest BCUT2D eigenvalue weighted by molar-refractivity contribution is 8.12. The summed E-state index contributed by atoms with van der Waals surface area (Å²) in [7, 11) is 1.50. The van der Waals surface area contributed by atoms with Crippen molar-refractivity contribution < 1.29 is 8.42 Å². The van der Waals surface area contributed by atoms with Crippen LogP contribution in [0.25, 0.3) is 0 Å². The van der Waals surface area contributed by atoms with Crippen LogP contribution >= 0.6 is 10.7 Å². The molecule has 14 heavy (non-hydrogen) atoms. The van der Waals surface area contributed by atoms with E-state index in [1.54, 1.807) is 0 Å². The summed E-state index contributed by atoms with van der Waals surface area (Å²) in [5, 5.41) is 0. The first-order valence-electron chi connectivity index (χ1n) is 4.33. The SMILES string of the molecule is O=S(=O)(Cl)N[C@@H]1C[C@H]1c1ccccc1. The highest BCUT2D eigenvalue weighted by atomic mass is 35.7. The Morgan fingerprint density at radius 3 is 2.50 bits per heavy atom. The van der Waals surface area contributed by atoms with E-state index in [0.717, 1.165) is 12.0 Å². The molecule has 0 radical (unpaired) electrons. The topological polar surface area (TPSA) is 46.2 Å². The van der Waals surface area contributed by atoms with Gasteiger partial charge in [0.1, 0.15) is 0 Å². The summed E-state index contributed by atoms with van der Waals surface area (Å²) in [5.74, 6) is 0.282. The Bertz CT molecular complexity index is 418. The molecule has 3 nitrogen and oxygen atoms in total. The fraction of sp³-hybridized carbons (Fsp3) is 0.333. The van der Waals surface area contributed by atoms with Gasteiger partial charge in [0.15, 0.2) is 0 Å². The van der Waals surface area contributed by atoms with Crippen molar-refractivity contribution in [2.45, 2.75) is 18.4 Å². The molecule has 1 aromatic carbocycles. The van der Waals surface area contributed by atoms with Gasteiger partial charge in [-0.2, -0.15) is 13.1 Å². The Balaban J connectivity index is 2.01. The van der Waals surface area contributed by atoms with Crippen molar-refractivity contribution in [3.63, 3.8) is 0 Å². The van der Waals surface area contributed by atoms with Crippen molar-refractivity contribution in [3.8, 4) is 0 Å². The Hall–Kier alpha value is -0.580. The molecule has 1 aliphatic carbocycles. The first-order valence-corrected chi connectivity index (χ1v) is 6.64. The van der Waals surface area contributed by atoms with Gasteiger partial charge in [-0.25, -0.2) is 0 Å². The third-order valence-electron chi connectivity index (χ3n) is 2.31. The fourth-order valence-electron chi connectivity index (χ4n) is 1.57. The maximum Gasteiger partial charge on any atom is 0.297 e. The van der Waals surface area contributed by atoms with Crippen LogP contribution in [0.2, 0.25) is 0 Å². The molecule has 1 N–H and O–H groups in total. The first kappa shape index (κ1) is 9.96. The van der Waals surface area contributed by atoms with E-state index in [1.807, 2.05) is 30.3 Å². The highest BCUT2D eigenvalue weighted by Crippen LogP contribution is 2.41. The zero-order valence-electron chi connectivity index (χ0n) is 7.35. The van der Waals surface area contributed by atoms with E-state index in [1.165, 1.54) is 0 Å². The molecule has 2 atom stereocenters. The van der Waals surface area contributed by atoms with Crippen molar-refractivity contribution in [1.29, 1.82) is 0 Å². The summed E-state index contributed by atoms with van der Waals surface area (Å²) in [4.78, 5) is 0. The molecule has 2 rings (SSSR count). The molecule has 0 bridgehead atoms. The van der Waals surface area contributed by atoms with Crippen LogP contribution in [0.4, 0.5) is 0 Å². The van der Waals surface area contributed by atoms with Crippen molar-refractivity contribution in [1.82, 2.24) is 4.72 Å². The second-order valence-electron chi connectivity index (χ2n) is 3.42. The van der Waals surface area contributed by atoms with Crippen molar-refractivity contribution in [2.24, 2.45) is 0 Å². The van der Waals surface area contributed by atoms with E-state index < -0.39 is 9.24 Å². The molecule has 1 fully saturated rings. The van der Waals surface area contributed by atoms with Gasteiger partial charge in [0.25, 0.3) is 9.24 Å². The normalized spacial score (nSPS) is 26.1. The van der Waals surface area contributed by atoms with E-state index in [-0.39, 0.29) is 12.0 Å². The summed E-state index contributed by atoms with van der Waals surface area (Å²) in [6.45, 7) is 0. The van der Waals surface area contributed by atoms with E-state index in [2.05, 4.69) is 4.72 Å². The monoisotopic (exact) mass is 231 g/mol. The van der Waals surface area contributed by atoms with Crippen molar-refractivity contribution >= 4 is 19.9 Å². The number of rotatable bonds is 3. The molecular formula is C9H10ClNO2S. The van der Waals surface area contributed by atoms with Gasteiger partial charge in [-0.1, -0.05) is 30.3 Å². The molecule has 0 amide bonds. The van der Waals surface area contributed by atoms with Gasteiger partial charge >= 0.3 is 0 Å². The molecule has 1 aliphatic rings. The van der Waals surface area contributed by atoms with E-state index >= 15 is 0 Å². The second kappa shape index (κ2) is 3.53. The van der Waals surface area contributed by atoms with Gasteiger partial charge in [0, 0.05) is 22.6 Å². The van der Waals surface area contributed by atoms with Crippen molar-refractivity contribution in [2.75, 3.05) is 0 Å². The molecule has 76 valence electrons. The smallest absolute Gasteiger partial charge is 0.198 e. The summed E-state index contributed by atoms with van der Waals surface area (Å²) in [5.41, 5.74) is 1.16. The molecule has 0 aliphatic heterocycles. The minimum Gasteiger partial charge on any atom is -0.198 e. The molecule has 0 spiro atoms. The second-order valence-corrected chi connectivity index (χ2v) is 5.75. The van der Waals surface area contributed by atoms with Gasteiger partial charge in [-0.05, 0) is 12.0 Å². The largest absolute Gasteiger partial charge is 0.297 e. The summed E-state index contributed by atoms with van der Waals surface area (Å²) in [6.07, 6.45) is 0.829. The summed E-state index contributed by atoms with van der Waals surface area (Å²) >= 11 is 0. The molecule has 5 heteroatoms. The zero-order chi connectivity index (χ0) is 10.2. The van der Waals surface area contributed by atoms with E-state index in [0.29, 0.717) is 0 Å². The van der Waals surface area contributed by atoms with Crippen LogP contribution in [-0.2, 0) is 9.24 Å². The molecule has 1 saturated carbocycles. The molecule has 1 aromatic rings. The Labute approximate surface area is 87.6 Å². The number of benzene rings is 1. The zero-order valence-corrected chi connectivity index (χ0v) is 8.92. The van der Waals surface area contributed by atoms with Crippen molar-refractivity contribution in [3.05, 3.63) is 35.9 Å². The van der Waals surface area contributed by atoms with E-state index in [9.17, 15) is 8.42 Å². The lowest BCUT2D eigenvalue weighted by atomic mass is 10.1. The molecule has 0 unspecified atom stereocenters. The number of nitrogens with one attached hydrogen (secondary N) is 1. The van der Waals surface area contributed by atoms with Gasteiger partial charge in [0.2, 0.25) is 0 Å². The van der Waals surface area contributed by atoms with E-state index in [4.69, 9.17) is 10.7 Å². The number of hydrogen-bond acceptors (Lipinski definition) is 2. The maximum absolute atomic E-state index is 10.7. The molecule has 0 heterocycles. The third kappa shape index (κ3) is 2.47. The minimum atomic E-state index is -3.58. The lowest BCUT2D eigenvalue weighted by Crippen LogP contribution is -2.21. The Morgan fingerprint density at radius 1 is 1.29 bits per heavy atom. The number of hydrogen-bond donors (Lipinski definition) is 1. The Morgan fingerprint density at radius 2 is 1.93 bits per heavy atom. The van der Waals surface area contributed by atoms with Gasteiger partial charge in [-0.15, -0.1) is 0 Å². The Kier molecular flexibility index (Phi) is 2.51. The van der Waals surface area contributed by atoms with Gasteiger partial charge in [-0.3, -0.25) is 0 Å².